The van der Waals surface area contributed by atoms with Crippen LogP contribution in [0.5, 0.6) is 5.75 Å². The van der Waals surface area contributed by atoms with Crippen molar-refractivity contribution in [3.05, 3.63) is 59.7 Å². The third-order valence-corrected chi connectivity index (χ3v) is 6.91. The second kappa shape index (κ2) is 10.3. The Bertz CT molecular complexity index is 1040. The molecule has 34 heavy (non-hydrogen) atoms. The SMILES string of the molecule is COc1ccccc1C(=O)NC(c1ccc(N2C(=O)NC(C(C)C)C2=O)cc1)C1CCCCC1. The standard InChI is InChI=1S/C27H33N3O4/c1-17(2)23-26(32)30(27(33)29-23)20-15-13-19(14-16-20)24(18-9-5-4-6-10-18)28-25(31)21-11-7-8-12-22(21)34-3/h7-8,11-18,23-24H,4-6,9-10H2,1-3H3,(H,28,31)(H,29,33). The van der Waals surface area contributed by atoms with Crippen molar-refractivity contribution < 1.29 is 19.1 Å². The maximum absolute atomic E-state index is 13.2. The van der Waals surface area contributed by atoms with Gasteiger partial charge in [0.25, 0.3) is 11.8 Å². The highest BCUT2D eigenvalue weighted by Crippen LogP contribution is 2.36. The van der Waals surface area contributed by atoms with Gasteiger partial charge in [-0.15, -0.1) is 0 Å². The Kier molecular flexibility index (Phi) is 7.20. The van der Waals surface area contributed by atoms with E-state index in [9.17, 15) is 14.4 Å². The number of amides is 4. The van der Waals surface area contributed by atoms with Gasteiger partial charge in [-0.25, -0.2) is 9.69 Å². The number of nitrogens with one attached hydrogen (secondary N) is 2. The number of rotatable bonds is 7. The van der Waals surface area contributed by atoms with E-state index >= 15 is 0 Å². The summed E-state index contributed by atoms with van der Waals surface area (Å²) in [6, 6.07) is 13.5. The number of anilines is 1. The van der Waals surface area contributed by atoms with Crippen LogP contribution in [-0.4, -0.2) is 31.0 Å². The lowest BCUT2D eigenvalue weighted by molar-refractivity contribution is -0.119. The van der Waals surface area contributed by atoms with Crippen LogP contribution in [0.4, 0.5) is 10.5 Å². The maximum Gasteiger partial charge on any atom is 0.329 e. The van der Waals surface area contributed by atoms with E-state index in [0.717, 1.165) is 31.2 Å². The summed E-state index contributed by atoms with van der Waals surface area (Å²) in [5, 5.41) is 6.01. The minimum atomic E-state index is -0.512. The van der Waals surface area contributed by atoms with Gasteiger partial charge >= 0.3 is 6.03 Å². The summed E-state index contributed by atoms with van der Waals surface area (Å²) in [4.78, 5) is 39.6. The quantitative estimate of drug-likeness (QED) is 0.576. The van der Waals surface area contributed by atoms with Crippen molar-refractivity contribution in [3.63, 3.8) is 0 Å². The van der Waals surface area contributed by atoms with Crippen LogP contribution in [0.1, 0.15) is 67.9 Å². The summed E-state index contributed by atoms with van der Waals surface area (Å²) in [6.07, 6.45) is 5.58. The van der Waals surface area contributed by atoms with E-state index in [4.69, 9.17) is 4.74 Å². The van der Waals surface area contributed by atoms with Crippen LogP contribution in [0.3, 0.4) is 0 Å². The van der Waals surface area contributed by atoms with Gasteiger partial charge in [-0.05, 0) is 54.5 Å². The van der Waals surface area contributed by atoms with Crippen LogP contribution in [-0.2, 0) is 4.79 Å². The van der Waals surface area contributed by atoms with Crippen molar-refractivity contribution in [3.8, 4) is 5.75 Å². The average molecular weight is 464 g/mol. The molecule has 2 N–H and O–H groups in total. The van der Waals surface area contributed by atoms with Crippen molar-refractivity contribution >= 4 is 23.5 Å². The molecule has 2 aliphatic rings. The molecule has 1 saturated carbocycles. The number of ether oxygens (including phenoxy) is 1. The second-order valence-electron chi connectivity index (χ2n) is 9.49. The first-order chi connectivity index (χ1) is 16.4. The zero-order chi connectivity index (χ0) is 24.2. The Morgan fingerprint density at radius 3 is 2.32 bits per heavy atom. The Morgan fingerprint density at radius 2 is 1.71 bits per heavy atom. The van der Waals surface area contributed by atoms with E-state index in [1.54, 1.807) is 31.4 Å². The summed E-state index contributed by atoms with van der Waals surface area (Å²) < 4.78 is 5.38. The molecule has 0 aromatic heterocycles. The molecule has 1 aliphatic carbocycles. The minimum Gasteiger partial charge on any atom is -0.496 e. The first-order valence-electron chi connectivity index (χ1n) is 12.1. The predicted octanol–water partition coefficient (Wildman–Crippen LogP) is 4.83. The third-order valence-electron chi connectivity index (χ3n) is 6.91. The Morgan fingerprint density at radius 1 is 1.03 bits per heavy atom. The molecular formula is C27H33N3O4. The number of carbonyl (C=O) groups is 3. The fraction of sp³-hybridized carbons (Fsp3) is 0.444. The summed E-state index contributed by atoms with van der Waals surface area (Å²) in [6.45, 7) is 3.82. The van der Waals surface area contributed by atoms with Crippen molar-refractivity contribution in [2.45, 2.75) is 58.0 Å². The topological polar surface area (TPSA) is 87.7 Å². The molecule has 2 unspecified atom stereocenters. The summed E-state index contributed by atoms with van der Waals surface area (Å²) in [5.74, 6) is 0.463. The van der Waals surface area contributed by atoms with Gasteiger partial charge in [-0.3, -0.25) is 9.59 Å². The van der Waals surface area contributed by atoms with Gasteiger partial charge in [0.1, 0.15) is 11.8 Å². The molecule has 2 atom stereocenters. The van der Waals surface area contributed by atoms with Crippen LogP contribution in [0.2, 0.25) is 0 Å². The fourth-order valence-electron chi connectivity index (χ4n) is 5.02. The van der Waals surface area contributed by atoms with E-state index in [1.807, 2.05) is 38.1 Å². The van der Waals surface area contributed by atoms with E-state index in [-0.39, 0.29) is 23.8 Å². The third kappa shape index (κ3) is 4.79. The van der Waals surface area contributed by atoms with E-state index < -0.39 is 12.1 Å². The normalized spacial score (nSPS) is 19.8. The number of urea groups is 1. The predicted molar refractivity (Wildman–Crippen MR) is 131 cm³/mol. The molecule has 7 heteroatoms. The molecule has 0 bridgehead atoms. The monoisotopic (exact) mass is 463 g/mol. The molecule has 4 amide bonds. The number of hydrogen-bond acceptors (Lipinski definition) is 4. The van der Waals surface area contributed by atoms with Crippen LogP contribution in [0.25, 0.3) is 0 Å². The number of hydrogen-bond donors (Lipinski definition) is 2. The van der Waals surface area contributed by atoms with Crippen molar-refractivity contribution in [1.29, 1.82) is 0 Å². The number of para-hydroxylation sites is 1. The van der Waals surface area contributed by atoms with Crippen LogP contribution < -0.4 is 20.3 Å². The molecular weight excluding hydrogens is 430 g/mol. The Labute approximate surface area is 200 Å². The van der Waals surface area contributed by atoms with Gasteiger partial charge in [-0.1, -0.05) is 57.4 Å². The van der Waals surface area contributed by atoms with Gasteiger partial charge < -0.3 is 15.4 Å². The van der Waals surface area contributed by atoms with Gasteiger partial charge in [0.05, 0.1) is 24.4 Å². The van der Waals surface area contributed by atoms with Crippen molar-refractivity contribution in [2.75, 3.05) is 12.0 Å². The second-order valence-corrected chi connectivity index (χ2v) is 9.49. The van der Waals surface area contributed by atoms with Crippen molar-refractivity contribution in [1.82, 2.24) is 10.6 Å². The molecule has 0 radical (unpaired) electrons. The van der Waals surface area contributed by atoms with Crippen LogP contribution in [0.15, 0.2) is 48.5 Å². The highest BCUT2D eigenvalue weighted by Gasteiger charge is 2.40. The van der Waals surface area contributed by atoms with Crippen LogP contribution in [0, 0.1) is 11.8 Å². The number of imide groups is 1. The molecule has 2 aromatic rings. The first kappa shape index (κ1) is 23.8. The van der Waals surface area contributed by atoms with E-state index in [1.165, 1.54) is 11.3 Å². The lowest BCUT2D eigenvalue weighted by Crippen LogP contribution is -2.35. The molecule has 180 valence electrons. The number of nitrogens with zero attached hydrogens (tertiary/aromatic N) is 1. The smallest absolute Gasteiger partial charge is 0.329 e. The molecule has 1 saturated heterocycles. The molecule has 1 aliphatic heterocycles. The number of benzene rings is 2. The zero-order valence-corrected chi connectivity index (χ0v) is 20.0. The number of methoxy groups -OCH3 is 1. The van der Waals surface area contributed by atoms with Crippen LogP contribution >= 0.6 is 0 Å². The lowest BCUT2D eigenvalue weighted by atomic mass is 9.81. The maximum atomic E-state index is 13.2. The lowest BCUT2D eigenvalue weighted by Gasteiger charge is -2.31. The summed E-state index contributed by atoms with van der Waals surface area (Å²) in [5.41, 5.74) is 2.00. The van der Waals surface area contributed by atoms with Gasteiger partial charge in [0.2, 0.25) is 0 Å². The van der Waals surface area contributed by atoms with E-state index in [2.05, 4.69) is 10.6 Å². The molecule has 2 aromatic carbocycles. The Hall–Kier alpha value is -3.35. The van der Waals surface area contributed by atoms with Crippen molar-refractivity contribution in [2.24, 2.45) is 11.8 Å². The highest BCUT2D eigenvalue weighted by atomic mass is 16.5. The fourth-order valence-corrected chi connectivity index (χ4v) is 5.02. The molecule has 7 nitrogen and oxygen atoms in total. The molecule has 0 spiro atoms. The highest BCUT2D eigenvalue weighted by molar-refractivity contribution is 6.21. The van der Waals surface area contributed by atoms with E-state index in [0.29, 0.717) is 22.9 Å². The largest absolute Gasteiger partial charge is 0.496 e. The van der Waals surface area contributed by atoms with Gasteiger partial charge in [0, 0.05) is 0 Å². The molecule has 2 fully saturated rings. The molecule has 4 rings (SSSR count). The summed E-state index contributed by atoms with van der Waals surface area (Å²) in [7, 11) is 1.56. The molecule has 1 heterocycles. The van der Waals surface area contributed by atoms with Gasteiger partial charge in [0.15, 0.2) is 0 Å². The summed E-state index contributed by atoms with van der Waals surface area (Å²) >= 11 is 0. The average Bonchev–Trinajstić information content (AvgIpc) is 3.17. The zero-order valence-electron chi connectivity index (χ0n) is 20.0. The minimum absolute atomic E-state index is 0.0154. The first-order valence-corrected chi connectivity index (χ1v) is 12.1. The number of carbonyl (C=O) groups excluding carboxylic acids is 3. The Balaban J connectivity index is 1.59. The van der Waals surface area contributed by atoms with Gasteiger partial charge in [-0.2, -0.15) is 0 Å².